The van der Waals surface area contributed by atoms with Gasteiger partial charge in [-0.3, -0.25) is 9.59 Å². The van der Waals surface area contributed by atoms with E-state index in [1.54, 1.807) is 24.3 Å². The number of amides is 1. The number of carbonyl (C=O) groups excluding carboxylic acids is 1. The lowest BCUT2D eigenvalue weighted by Crippen LogP contribution is -2.30. The van der Waals surface area contributed by atoms with Crippen molar-refractivity contribution in [3.8, 4) is 5.75 Å². The van der Waals surface area contributed by atoms with Crippen LogP contribution in [-0.4, -0.2) is 24.1 Å². The van der Waals surface area contributed by atoms with E-state index in [0.717, 1.165) is 11.1 Å². The van der Waals surface area contributed by atoms with Gasteiger partial charge in [0.25, 0.3) is 5.91 Å². The molecular weight excluding hydrogens is 294 g/mol. The molecule has 0 aliphatic carbocycles. The zero-order valence-corrected chi connectivity index (χ0v) is 13.1. The SMILES string of the molecule is COc1ccc(C)cc1C(=O)N[C@H](CC(=O)O)c1ccccc1. The van der Waals surface area contributed by atoms with E-state index in [9.17, 15) is 9.59 Å². The zero-order valence-electron chi connectivity index (χ0n) is 13.1. The molecule has 0 fully saturated rings. The largest absolute Gasteiger partial charge is 0.496 e. The van der Waals surface area contributed by atoms with Crippen LogP contribution in [0.5, 0.6) is 5.75 Å². The highest BCUT2D eigenvalue weighted by atomic mass is 16.5. The molecule has 2 rings (SSSR count). The summed E-state index contributed by atoms with van der Waals surface area (Å²) in [5, 5.41) is 11.9. The molecule has 0 heterocycles. The van der Waals surface area contributed by atoms with E-state index in [1.807, 2.05) is 31.2 Å². The Morgan fingerprint density at radius 1 is 1.17 bits per heavy atom. The van der Waals surface area contributed by atoms with Gasteiger partial charge in [0.15, 0.2) is 0 Å². The van der Waals surface area contributed by atoms with Crippen LogP contribution in [0.1, 0.15) is 33.9 Å². The fraction of sp³-hybridized carbons (Fsp3) is 0.222. The number of benzene rings is 2. The van der Waals surface area contributed by atoms with E-state index in [2.05, 4.69) is 5.32 Å². The van der Waals surface area contributed by atoms with Crippen molar-refractivity contribution >= 4 is 11.9 Å². The van der Waals surface area contributed by atoms with Gasteiger partial charge >= 0.3 is 5.97 Å². The summed E-state index contributed by atoms with van der Waals surface area (Å²) >= 11 is 0. The van der Waals surface area contributed by atoms with Crippen LogP contribution >= 0.6 is 0 Å². The molecule has 2 aromatic carbocycles. The molecular formula is C18H19NO4. The number of carboxylic acid groups (broad SMARTS) is 1. The lowest BCUT2D eigenvalue weighted by molar-refractivity contribution is -0.137. The maximum Gasteiger partial charge on any atom is 0.305 e. The first-order valence-electron chi connectivity index (χ1n) is 7.23. The Bertz CT molecular complexity index is 697. The summed E-state index contributed by atoms with van der Waals surface area (Å²) in [6.07, 6.45) is -0.191. The van der Waals surface area contributed by atoms with E-state index < -0.39 is 12.0 Å². The minimum atomic E-state index is -0.977. The first-order chi connectivity index (χ1) is 11.0. The molecule has 0 bridgehead atoms. The number of carbonyl (C=O) groups is 2. The second-order valence-corrected chi connectivity index (χ2v) is 5.24. The molecule has 0 aromatic heterocycles. The highest BCUT2D eigenvalue weighted by Gasteiger charge is 2.20. The van der Waals surface area contributed by atoms with Crippen molar-refractivity contribution in [3.63, 3.8) is 0 Å². The Hall–Kier alpha value is -2.82. The smallest absolute Gasteiger partial charge is 0.305 e. The number of aliphatic carboxylic acids is 1. The Balaban J connectivity index is 2.27. The van der Waals surface area contributed by atoms with Crippen LogP contribution in [0.3, 0.4) is 0 Å². The van der Waals surface area contributed by atoms with Crippen molar-refractivity contribution in [1.29, 1.82) is 0 Å². The minimum Gasteiger partial charge on any atom is -0.496 e. The standard InChI is InChI=1S/C18H19NO4/c1-12-8-9-16(23-2)14(10-12)18(22)19-15(11-17(20)21)13-6-4-3-5-7-13/h3-10,15H,11H2,1-2H3,(H,19,22)(H,20,21)/t15-/m1/s1. The maximum atomic E-state index is 12.6. The van der Waals surface area contributed by atoms with Gasteiger partial charge in [0, 0.05) is 0 Å². The van der Waals surface area contributed by atoms with E-state index in [0.29, 0.717) is 11.3 Å². The molecule has 0 radical (unpaired) electrons. The van der Waals surface area contributed by atoms with Gasteiger partial charge in [0.05, 0.1) is 25.1 Å². The number of rotatable bonds is 6. The number of ether oxygens (including phenoxy) is 1. The second-order valence-electron chi connectivity index (χ2n) is 5.24. The number of nitrogens with one attached hydrogen (secondary N) is 1. The topological polar surface area (TPSA) is 75.6 Å². The minimum absolute atomic E-state index is 0.191. The molecule has 1 atom stereocenters. The molecule has 0 unspecified atom stereocenters. The summed E-state index contributed by atoms with van der Waals surface area (Å²) < 4.78 is 5.21. The summed E-state index contributed by atoms with van der Waals surface area (Å²) in [5.41, 5.74) is 2.05. The molecule has 23 heavy (non-hydrogen) atoms. The number of aryl methyl sites for hydroxylation is 1. The molecule has 120 valence electrons. The third kappa shape index (κ3) is 4.32. The quantitative estimate of drug-likeness (QED) is 0.859. The molecule has 0 spiro atoms. The average molecular weight is 313 g/mol. The first kappa shape index (κ1) is 16.5. The number of carboxylic acids is 1. The summed E-state index contributed by atoms with van der Waals surface area (Å²) in [7, 11) is 1.49. The van der Waals surface area contributed by atoms with Crippen molar-refractivity contribution in [3.05, 3.63) is 65.2 Å². The zero-order chi connectivity index (χ0) is 16.8. The van der Waals surface area contributed by atoms with Crippen molar-refractivity contribution in [2.24, 2.45) is 0 Å². The van der Waals surface area contributed by atoms with Crippen LogP contribution in [0.2, 0.25) is 0 Å². The summed E-state index contributed by atoms with van der Waals surface area (Å²) in [5.74, 6) is -0.883. The van der Waals surface area contributed by atoms with Gasteiger partial charge in [0.1, 0.15) is 5.75 Å². The van der Waals surface area contributed by atoms with Crippen molar-refractivity contribution in [2.75, 3.05) is 7.11 Å². The Kier molecular flexibility index (Phi) is 5.36. The monoisotopic (exact) mass is 313 g/mol. The molecule has 1 amide bonds. The maximum absolute atomic E-state index is 12.6. The van der Waals surface area contributed by atoms with Crippen molar-refractivity contribution in [2.45, 2.75) is 19.4 Å². The van der Waals surface area contributed by atoms with Gasteiger partial charge in [-0.15, -0.1) is 0 Å². The number of hydrogen-bond donors (Lipinski definition) is 2. The predicted molar refractivity (Wildman–Crippen MR) is 86.6 cm³/mol. The third-order valence-corrected chi connectivity index (χ3v) is 3.49. The Morgan fingerprint density at radius 3 is 2.48 bits per heavy atom. The van der Waals surface area contributed by atoms with Gasteiger partial charge in [-0.25, -0.2) is 0 Å². The van der Waals surface area contributed by atoms with Gasteiger partial charge in [-0.1, -0.05) is 42.0 Å². The Labute approximate surface area is 134 Å². The fourth-order valence-corrected chi connectivity index (χ4v) is 2.35. The molecule has 0 aliphatic rings. The summed E-state index contributed by atoms with van der Waals surface area (Å²) in [6, 6.07) is 13.7. The highest BCUT2D eigenvalue weighted by Crippen LogP contribution is 2.22. The molecule has 0 saturated heterocycles. The lowest BCUT2D eigenvalue weighted by Gasteiger charge is -2.18. The molecule has 5 heteroatoms. The van der Waals surface area contributed by atoms with Crippen LogP contribution in [0, 0.1) is 6.92 Å². The normalized spacial score (nSPS) is 11.6. The van der Waals surface area contributed by atoms with Crippen LogP contribution < -0.4 is 10.1 Å². The van der Waals surface area contributed by atoms with Crippen LogP contribution in [-0.2, 0) is 4.79 Å². The second kappa shape index (κ2) is 7.45. The van der Waals surface area contributed by atoms with Crippen LogP contribution in [0.25, 0.3) is 0 Å². The van der Waals surface area contributed by atoms with E-state index in [4.69, 9.17) is 9.84 Å². The molecule has 0 aliphatic heterocycles. The van der Waals surface area contributed by atoms with E-state index >= 15 is 0 Å². The third-order valence-electron chi connectivity index (χ3n) is 3.49. The molecule has 2 aromatic rings. The molecule has 0 saturated carbocycles. The number of methoxy groups -OCH3 is 1. The molecule has 5 nitrogen and oxygen atoms in total. The number of hydrogen-bond acceptors (Lipinski definition) is 3. The fourth-order valence-electron chi connectivity index (χ4n) is 2.35. The van der Waals surface area contributed by atoms with Crippen molar-refractivity contribution < 1.29 is 19.4 Å². The predicted octanol–water partition coefficient (Wildman–Crippen LogP) is 2.95. The summed E-state index contributed by atoms with van der Waals surface area (Å²) in [6.45, 7) is 1.88. The van der Waals surface area contributed by atoms with Gasteiger partial charge in [-0.2, -0.15) is 0 Å². The lowest BCUT2D eigenvalue weighted by atomic mass is 10.0. The Morgan fingerprint density at radius 2 is 1.87 bits per heavy atom. The van der Waals surface area contributed by atoms with Crippen LogP contribution in [0.15, 0.2) is 48.5 Å². The van der Waals surface area contributed by atoms with Crippen LogP contribution in [0.4, 0.5) is 0 Å². The van der Waals surface area contributed by atoms with Gasteiger partial charge in [0.2, 0.25) is 0 Å². The first-order valence-corrected chi connectivity index (χ1v) is 7.23. The van der Waals surface area contributed by atoms with Gasteiger partial charge in [-0.05, 0) is 24.6 Å². The van der Waals surface area contributed by atoms with Crippen molar-refractivity contribution in [1.82, 2.24) is 5.32 Å². The highest BCUT2D eigenvalue weighted by molar-refractivity contribution is 5.97. The van der Waals surface area contributed by atoms with Gasteiger partial charge < -0.3 is 15.2 Å². The van der Waals surface area contributed by atoms with E-state index in [1.165, 1.54) is 7.11 Å². The average Bonchev–Trinajstić information content (AvgIpc) is 2.54. The molecule has 2 N–H and O–H groups in total. The van der Waals surface area contributed by atoms with E-state index in [-0.39, 0.29) is 12.3 Å². The summed E-state index contributed by atoms with van der Waals surface area (Å²) in [4.78, 5) is 23.7.